The van der Waals surface area contributed by atoms with Gasteiger partial charge in [0.1, 0.15) is 16.8 Å². The molecule has 3 aromatic rings. The molecular formula is C15H12ClN5. The largest absolute Gasteiger partial charge is 0.319 e. The minimum atomic E-state index is 0.244. The second-order valence-electron chi connectivity index (χ2n) is 4.69. The third-order valence-electron chi connectivity index (χ3n) is 3.14. The molecule has 0 bridgehead atoms. The van der Waals surface area contributed by atoms with Gasteiger partial charge in [0, 0.05) is 5.69 Å². The Kier molecular flexibility index (Phi) is 3.55. The summed E-state index contributed by atoms with van der Waals surface area (Å²) < 4.78 is 1.96. The van der Waals surface area contributed by atoms with E-state index in [0.717, 1.165) is 16.7 Å². The summed E-state index contributed by atoms with van der Waals surface area (Å²) in [7, 11) is 0. The summed E-state index contributed by atoms with van der Waals surface area (Å²) in [6.45, 7) is 2.32. The van der Waals surface area contributed by atoms with E-state index in [-0.39, 0.29) is 6.42 Å². The number of hydrogen-bond acceptors (Lipinski definition) is 4. The van der Waals surface area contributed by atoms with Crippen LogP contribution in [0.5, 0.6) is 0 Å². The van der Waals surface area contributed by atoms with E-state index >= 15 is 0 Å². The van der Waals surface area contributed by atoms with Gasteiger partial charge in [-0.1, -0.05) is 23.7 Å². The van der Waals surface area contributed by atoms with E-state index in [4.69, 9.17) is 16.9 Å². The Hall–Kier alpha value is -2.45. The number of nitriles is 1. The van der Waals surface area contributed by atoms with Crippen molar-refractivity contribution in [1.29, 1.82) is 5.26 Å². The maximum Gasteiger partial charge on any atom is 0.150 e. The van der Waals surface area contributed by atoms with Crippen LogP contribution in [-0.2, 0) is 13.0 Å². The Morgan fingerprint density at radius 3 is 2.81 bits per heavy atom. The van der Waals surface area contributed by atoms with Gasteiger partial charge in [-0.25, -0.2) is 15.0 Å². The lowest BCUT2D eigenvalue weighted by atomic mass is 10.3. The van der Waals surface area contributed by atoms with Gasteiger partial charge in [-0.15, -0.1) is 0 Å². The van der Waals surface area contributed by atoms with E-state index in [1.54, 1.807) is 6.07 Å². The molecule has 0 unspecified atom stereocenters. The van der Waals surface area contributed by atoms with Crippen LogP contribution in [0, 0.1) is 18.3 Å². The summed E-state index contributed by atoms with van der Waals surface area (Å²) >= 11 is 5.98. The molecule has 1 aromatic carbocycles. The zero-order valence-corrected chi connectivity index (χ0v) is 12.2. The van der Waals surface area contributed by atoms with Gasteiger partial charge >= 0.3 is 0 Å². The fourth-order valence-electron chi connectivity index (χ4n) is 2.31. The Morgan fingerprint density at radius 1 is 1.24 bits per heavy atom. The van der Waals surface area contributed by atoms with E-state index in [0.29, 0.717) is 23.3 Å². The van der Waals surface area contributed by atoms with Crippen LogP contribution < -0.4 is 0 Å². The van der Waals surface area contributed by atoms with Crippen molar-refractivity contribution in [3.05, 3.63) is 52.8 Å². The van der Waals surface area contributed by atoms with Gasteiger partial charge in [-0.3, -0.25) is 0 Å². The normalized spacial score (nSPS) is 10.7. The molecule has 0 radical (unpaired) electrons. The first-order valence-corrected chi connectivity index (χ1v) is 6.86. The summed E-state index contributed by atoms with van der Waals surface area (Å²) in [4.78, 5) is 13.1. The topological polar surface area (TPSA) is 67.4 Å². The minimum absolute atomic E-state index is 0.244. The van der Waals surface area contributed by atoms with Gasteiger partial charge in [0.2, 0.25) is 0 Å². The molecule has 0 saturated carbocycles. The van der Waals surface area contributed by atoms with E-state index in [9.17, 15) is 0 Å². The molecular weight excluding hydrogens is 286 g/mol. The van der Waals surface area contributed by atoms with Crippen molar-refractivity contribution in [3.8, 4) is 6.07 Å². The van der Waals surface area contributed by atoms with Gasteiger partial charge in [-0.2, -0.15) is 5.26 Å². The van der Waals surface area contributed by atoms with Crippen LogP contribution in [0.1, 0.15) is 17.3 Å². The summed E-state index contributed by atoms with van der Waals surface area (Å²) in [6, 6.07) is 11.6. The lowest BCUT2D eigenvalue weighted by molar-refractivity contribution is 0.722. The van der Waals surface area contributed by atoms with E-state index < -0.39 is 0 Å². The summed E-state index contributed by atoms with van der Waals surface area (Å²) in [5, 5.41) is 9.39. The number of fused-ring (bicyclic) bond motifs is 1. The molecule has 0 N–H and O–H groups in total. The molecule has 3 rings (SSSR count). The fraction of sp³-hybridized carbons (Fsp3) is 0.200. The molecule has 0 spiro atoms. The number of aryl methyl sites for hydroxylation is 1. The molecule has 0 aliphatic rings. The highest BCUT2D eigenvalue weighted by molar-refractivity contribution is 6.29. The van der Waals surface area contributed by atoms with Crippen LogP contribution in [0.15, 0.2) is 30.3 Å². The molecule has 0 aliphatic carbocycles. The van der Waals surface area contributed by atoms with Crippen LogP contribution >= 0.6 is 11.6 Å². The van der Waals surface area contributed by atoms with Crippen LogP contribution in [-0.4, -0.2) is 19.5 Å². The van der Waals surface area contributed by atoms with Crippen molar-refractivity contribution in [2.24, 2.45) is 0 Å². The van der Waals surface area contributed by atoms with Crippen LogP contribution in [0.4, 0.5) is 0 Å². The fourth-order valence-corrected chi connectivity index (χ4v) is 2.56. The number of hydrogen-bond donors (Lipinski definition) is 0. The van der Waals surface area contributed by atoms with Gasteiger partial charge < -0.3 is 4.57 Å². The van der Waals surface area contributed by atoms with Crippen molar-refractivity contribution in [2.45, 2.75) is 19.9 Å². The lowest BCUT2D eigenvalue weighted by Crippen LogP contribution is -2.08. The third-order valence-corrected chi connectivity index (χ3v) is 3.33. The molecule has 2 aromatic heterocycles. The SMILES string of the molecule is Cc1cc(Cl)nc(Cn2c(CC#N)nc3ccccc32)n1. The Labute approximate surface area is 126 Å². The summed E-state index contributed by atoms with van der Waals surface area (Å²) in [5.41, 5.74) is 2.64. The Bertz CT molecular complexity index is 827. The maximum absolute atomic E-state index is 8.97. The molecule has 0 saturated heterocycles. The monoisotopic (exact) mass is 297 g/mol. The maximum atomic E-state index is 8.97. The standard InChI is InChI=1S/C15H12ClN5/c1-10-8-13(16)20-14(18-10)9-21-12-5-3-2-4-11(12)19-15(21)6-7-17/h2-5,8H,6,9H2,1H3. The number of para-hydroxylation sites is 2. The predicted octanol–water partition coefficient (Wildman–Crippen LogP) is 2.90. The van der Waals surface area contributed by atoms with Gasteiger partial charge in [0.15, 0.2) is 0 Å². The third kappa shape index (κ3) is 2.71. The first-order chi connectivity index (χ1) is 10.2. The predicted molar refractivity (Wildman–Crippen MR) is 79.9 cm³/mol. The Balaban J connectivity index is 2.10. The number of nitrogens with zero attached hydrogens (tertiary/aromatic N) is 5. The molecule has 0 atom stereocenters. The number of halogens is 1. The van der Waals surface area contributed by atoms with Gasteiger partial charge in [-0.05, 0) is 25.1 Å². The molecule has 2 heterocycles. The van der Waals surface area contributed by atoms with Crippen molar-refractivity contribution >= 4 is 22.6 Å². The highest BCUT2D eigenvalue weighted by Gasteiger charge is 2.12. The lowest BCUT2D eigenvalue weighted by Gasteiger charge is -2.07. The van der Waals surface area contributed by atoms with E-state index in [2.05, 4.69) is 21.0 Å². The molecule has 0 fully saturated rings. The number of aromatic nitrogens is 4. The van der Waals surface area contributed by atoms with Crippen molar-refractivity contribution in [3.63, 3.8) is 0 Å². The molecule has 6 heteroatoms. The molecule has 0 aliphatic heterocycles. The van der Waals surface area contributed by atoms with Crippen molar-refractivity contribution in [2.75, 3.05) is 0 Å². The van der Waals surface area contributed by atoms with Crippen molar-refractivity contribution in [1.82, 2.24) is 19.5 Å². The average Bonchev–Trinajstić information content (AvgIpc) is 2.76. The van der Waals surface area contributed by atoms with E-state index in [1.807, 2.05) is 35.8 Å². The Morgan fingerprint density at radius 2 is 2.05 bits per heavy atom. The molecule has 104 valence electrons. The summed E-state index contributed by atoms with van der Waals surface area (Å²) in [6.07, 6.45) is 0.244. The second kappa shape index (κ2) is 5.51. The summed E-state index contributed by atoms with van der Waals surface area (Å²) in [5.74, 6) is 1.32. The minimum Gasteiger partial charge on any atom is -0.319 e. The zero-order chi connectivity index (χ0) is 14.8. The first-order valence-electron chi connectivity index (χ1n) is 6.48. The number of rotatable bonds is 3. The van der Waals surface area contributed by atoms with Crippen LogP contribution in [0.2, 0.25) is 5.15 Å². The smallest absolute Gasteiger partial charge is 0.150 e. The van der Waals surface area contributed by atoms with E-state index in [1.165, 1.54) is 0 Å². The average molecular weight is 298 g/mol. The van der Waals surface area contributed by atoms with Gasteiger partial charge in [0.05, 0.1) is 30.1 Å². The second-order valence-corrected chi connectivity index (χ2v) is 5.07. The first kappa shape index (κ1) is 13.5. The van der Waals surface area contributed by atoms with Crippen LogP contribution in [0.25, 0.3) is 11.0 Å². The zero-order valence-electron chi connectivity index (χ0n) is 11.4. The van der Waals surface area contributed by atoms with Crippen LogP contribution in [0.3, 0.4) is 0 Å². The quantitative estimate of drug-likeness (QED) is 0.697. The van der Waals surface area contributed by atoms with Gasteiger partial charge in [0.25, 0.3) is 0 Å². The highest BCUT2D eigenvalue weighted by Crippen LogP contribution is 2.18. The van der Waals surface area contributed by atoms with Crippen molar-refractivity contribution < 1.29 is 0 Å². The highest BCUT2D eigenvalue weighted by atomic mass is 35.5. The molecule has 5 nitrogen and oxygen atoms in total. The molecule has 0 amide bonds. The number of imidazole rings is 1. The molecule has 21 heavy (non-hydrogen) atoms. The number of benzene rings is 1.